The molecule has 0 atom stereocenters. The van der Waals surface area contributed by atoms with E-state index in [2.05, 4.69) is 15.3 Å². The first-order valence-corrected chi connectivity index (χ1v) is 10.9. The number of nitrogens with two attached hydrogens (primary N) is 1. The number of sulfonamides is 1. The smallest absolute Gasteiger partial charge is 0.238 e. The third-order valence-corrected chi connectivity index (χ3v) is 5.91. The Labute approximate surface area is 167 Å². The summed E-state index contributed by atoms with van der Waals surface area (Å²) >= 11 is 1.52. The highest BCUT2D eigenvalue weighted by Gasteiger charge is 2.14. The fourth-order valence-corrected chi connectivity index (χ4v) is 3.95. The molecule has 3 N–H and O–H groups in total. The maximum atomic E-state index is 11.7. The average molecular weight is 421 g/mol. The molecule has 0 unspecified atom stereocenters. The van der Waals surface area contributed by atoms with Gasteiger partial charge in [0.1, 0.15) is 23.6 Å². The summed E-state index contributed by atoms with van der Waals surface area (Å²) in [5.74, 6) is 1.76. The van der Waals surface area contributed by atoms with Gasteiger partial charge in [0.15, 0.2) is 0 Å². The standard InChI is InChI=1S/C18H20N4O4S2/c1-25-12-7-14-17(15(8-12)26-2)18(22-10-21-14)20-9-11-6-13(28(19,23)24)4-5-16(11)27-3/h4-8,10H,9H2,1-3H3,(H2,19,23,24)(H,20,21,22). The number of anilines is 1. The van der Waals surface area contributed by atoms with Crippen molar-refractivity contribution in [2.24, 2.45) is 5.14 Å². The minimum atomic E-state index is -3.78. The molecule has 3 aromatic rings. The van der Waals surface area contributed by atoms with Crippen molar-refractivity contribution >= 4 is 38.5 Å². The van der Waals surface area contributed by atoms with Crippen molar-refractivity contribution in [1.29, 1.82) is 0 Å². The van der Waals surface area contributed by atoms with Crippen LogP contribution in [0.4, 0.5) is 5.82 Å². The Kier molecular flexibility index (Phi) is 5.92. The zero-order chi connectivity index (χ0) is 20.3. The maximum Gasteiger partial charge on any atom is 0.238 e. The van der Waals surface area contributed by atoms with Crippen LogP contribution in [-0.2, 0) is 16.6 Å². The van der Waals surface area contributed by atoms with Crippen LogP contribution in [0.1, 0.15) is 5.56 Å². The summed E-state index contributed by atoms with van der Waals surface area (Å²) in [4.78, 5) is 9.61. The number of aromatic nitrogens is 2. The summed E-state index contributed by atoms with van der Waals surface area (Å²) in [6.45, 7) is 0.348. The Morgan fingerprint density at radius 1 is 1.14 bits per heavy atom. The van der Waals surface area contributed by atoms with Gasteiger partial charge in [0.25, 0.3) is 0 Å². The molecular weight excluding hydrogens is 400 g/mol. The molecule has 0 aliphatic rings. The predicted molar refractivity (Wildman–Crippen MR) is 110 cm³/mol. The van der Waals surface area contributed by atoms with Crippen molar-refractivity contribution in [3.05, 3.63) is 42.2 Å². The molecule has 0 fully saturated rings. The number of primary sulfonamides is 1. The van der Waals surface area contributed by atoms with Crippen LogP contribution < -0.4 is 19.9 Å². The van der Waals surface area contributed by atoms with Crippen molar-refractivity contribution in [3.63, 3.8) is 0 Å². The molecule has 8 nitrogen and oxygen atoms in total. The predicted octanol–water partition coefficient (Wildman–Crippen LogP) is 2.63. The summed E-state index contributed by atoms with van der Waals surface area (Å²) < 4.78 is 34.1. The number of thioether (sulfide) groups is 1. The van der Waals surface area contributed by atoms with Gasteiger partial charge in [0.2, 0.25) is 10.0 Å². The SMILES string of the molecule is COc1cc(OC)c2c(NCc3cc(S(N)(=O)=O)ccc3SC)ncnc2c1. The van der Waals surface area contributed by atoms with Crippen LogP contribution in [-0.4, -0.2) is 38.9 Å². The maximum absolute atomic E-state index is 11.7. The first-order chi connectivity index (χ1) is 13.4. The monoisotopic (exact) mass is 420 g/mol. The van der Waals surface area contributed by atoms with Gasteiger partial charge in [0.05, 0.1) is 30.0 Å². The van der Waals surface area contributed by atoms with Crippen LogP contribution in [0.15, 0.2) is 46.5 Å². The van der Waals surface area contributed by atoms with Gasteiger partial charge in [-0.05, 0) is 30.0 Å². The molecule has 148 valence electrons. The minimum Gasteiger partial charge on any atom is -0.497 e. The quantitative estimate of drug-likeness (QED) is 0.560. The largest absolute Gasteiger partial charge is 0.497 e. The molecular formula is C18H20N4O4S2. The molecule has 0 aliphatic heterocycles. The highest BCUT2D eigenvalue weighted by Crippen LogP contribution is 2.34. The second kappa shape index (κ2) is 8.21. The van der Waals surface area contributed by atoms with E-state index in [0.717, 1.165) is 10.5 Å². The van der Waals surface area contributed by atoms with E-state index >= 15 is 0 Å². The number of nitrogens with zero attached hydrogens (tertiary/aromatic N) is 2. The van der Waals surface area contributed by atoms with Gasteiger partial charge in [-0.25, -0.2) is 23.5 Å². The van der Waals surface area contributed by atoms with Gasteiger partial charge in [-0.15, -0.1) is 11.8 Å². The lowest BCUT2D eigenvalue weighted by molar-refractivity contribution is 0.398. The Balaban J connectivity index is 2.00. The lowest BCUT2D eigenvalue weighted by Gasteiger charge is -2.14. The lowest BCUT2D eigenvalue weighted by atomic mass is 10.2. The summed E-state index contributed by atoms with van der Waals surface area (Å²) in [5, 5.41) is 9.22. The molecule has 1 heterocycles. The third kappa shape index (κ3) is 4.13. The van der Waals surface area contributed by atoms with E-state index in [9.17, 15) is 8.42 Å². The second-order valence-electron chi connectivity index (χ2n) is 5.82. The Morgan fingerprint density at radius 2 is 1.93 bits per heavy atom. The lowest BCUT2D eigenvalue weighted by Crippen LogP contribution is -2.13. The van der Waals surface area contributed by atoms with Crippen LogP contribution in [0.3, 0.4) is 0 Å². The number of hydrogen-bond acceptors (Lipinski definition) is 8. The van der Waals surface area contributed by atoms with Crippen LogP contribution in [0.5, 0.6) is 11.5 Å². The van der Waals surface area contributed by atoms with Crippen LogP contribution in [0.25, 0.3) is 10.9 Å². The number of methoxy groups -OCH3 is 2. The van der Waals surface area contributed by atoms with Gasteiger partial charge in [-0.1, -0.05) is 0 Å². The number of hydrogen-bond donors (Lipinski definition) is 2. The molecule has 0 spiro atoms. The Morgan fingerprint density at radius 3 is 2.57 bits per heavy atom. The van der Waals surface area contributed by atoms with Crippen LogP contribution in [0, 0.1) is 0 Å². The molecule has 0 radical (unpaired) electrons. The average Bonchev–Trinajstić information content (AvgIpc) is 2.70. The van der Waals surface area contributed by atoms with Crippen molar-refractivity contribution in [1.82, 2.24) is 9.97 Å². The molecule has 0 saturated carbocycles. The molecule has 28 heavy (non-hydrogen) atoms. The van der Waals surface area contributed by atoms with Crippen LogP contribution >= 0.6 is 11.8 Å². The van der Waals surface area contributed by atoms with E-state index in [0.29, 0.717) is 34.8 Å². The van der Waals surface area contributed by atoms with E-state index in [4.69, 9.17) is 14.6 Å². The summed E-state index contributed by atoms with van der Waals surface area (Å²) in [5.41, 5.74) is 1.45. The van der Waals surface area contributed by atoms with E-state index in [1.807, 2.05) is 6.26 Å². The number of ether oxygens (including phenoxy) is 2. The van der Waals surface area contributed by atoms with E-state index in [1.54, 1.807) is 38.5 Å². The van der Waals surface area contributed by atoms with Crippen molar-refractivity contribution in [3.8, 4) is 11.5 Å². The van der Waals surface area contributed by atoms with Crippen molar-refractivity contribution < 1.29 is 17.9 Å². The molecule has 1 aromatic heterocycles. The molecule has 0 aliphatic carbocycles. The first-order valence-electron chi connectivity index (χ1n) is 8.17. The third-order valence-electron chi connectivity index (χ3n) is 4.16. The van der Waals surface area contributed by atoms with Crippen molar-refractivity contribution in [2.75, 3.05) is 25.8 Å². The summed E-state index contributed by atoms with van der Waals surface area (Å²) in [6.07, 6.45) is 3.37. The topological polar surface area (TPSA) is 116 Å². The van der Waals surface area contributed by atoms with E-state index < -0.39 is 10.0 Å². The Bertz CT molecular complexity index is 1120. The molecule has 10 heteroatoms. The molecule has 0 saturated heterocycles. The van der Waals surface area contributed by atoms with Gasteiger partial charge in [0, 0.05) is 23.6 Å². The van der Waals surface area contributed by atoms with Crippen molar-refractivity contribution in [2.45, 2.75) is 16.3 Å². The number of nitrogens with one attached hydrogen (secondary N) is 1. The fourth-order valence-electron chi connectivity index (χ4n) is 2.79. The fraction of sp³-hybridized carbons (Fsp3) is 0.222. The second-order valence-corrected chi connectivity index (χ2v) is 8.23. The molecule has 0 bridgehead atoms. The zero-order valence-electron chi connectivity index (χ0n) is 15.6. The number of fused-ring (bicyclic) bond motifs is 1. The molecule has 0 amide bonds. The highest BCUT2D eigenvalue weighted by atomic mass is 32.2. The number of benzene rings is 2. The first kappa shape index (κ1) is 20.2. The van der Waals surface area contributed by atoms with Gasteiger partial charge in [-0.3, -0.25) is 0 Å². The molecule has 3 rings (SSSR count). The van der Waals surface area contributed by atoms with Gasteiger partial charge < -0.3 is 14.8 Å². The normalized spacial score (nSPS) is 11.4. The number of rotatable bonds is 7. The summed E-state index contributed by atoms with van der Waals surface area (Å²) in [6, 6.07) is 8.36. The van der Waals surface area contributed by atoms with E-state index in [-0.39, 0.29) is 4.90 Å². The van der Waals surface area contributed by atoms with Gasteiger partial charge >= 0.3 is 0 Å². The summed E-state index contributed by atoms with van der Waals surface area (Å²) in [7, 11) is -0.648. The van der Waals surface area contributed by atoms with Crippen LogP contribution in [0.2, 0.25) is 0 Å². The minimum absolute atomic E-state index is 0.0666. The Hall–Kier alpha value is -2.56. The zero-order valence-corrected chi connectivity index (χ0v) is 17.2. The molecule has 2 aromatic carbocycles. The van der Waals surface area contributed by atoms with E-state index in [1.165, 1.54) is 24.2 Å². The van der Waals surface area contributed by atoms with Gasteiger partial charge in [-0.2, -0.15) is 0 Å². The highest BCUT2D eigenvalue weighted by molar-refractivity contribution is 7.98.